The highest BCUT2D eigenvalue weighted by Gasteiger charge is 2.17. The van der Waals surface area contributed by atoms with Crippen LogP contribution in [0.25, 0.3) is 0 Å². The third-order valence-electron chi connectivity index (χ3n) is 4.57. The molecule has 0 atom stereocenters. The van der Waals surface area contributed by atoms with Crippen molar-refractivity contribution in [1.29, 1.82) is 0 Å². The largest absolute Gasteiger partial charge is 0.462 e. The molecule has 1 N–H and O–H groups in total. The lowest BCUT2D eigenvalue weighted by Gasteiger charge is -2.20. The molecular formula is C21H25N3O3. The average molecular weight is 367 g/mol. The molecule has 0 bridgehead atoms. The molecule has 0 saturated carbocycles. The molecule has 1 aromatic carbocycles. The van der Waals surface area contributed by atoms with E-state index in [1.54, 1.807) is 49.5 Å². The molecule has 0 aliphatic carbocycles. The van der Waals surface area contributed by atoms with Gasteiger partial charge >= 0.3 is 5.97 Å². The molecule has 2 aromatic rings. The Balaban J connectivity index is 1.61. The summed E-state index contributed by atoms with van der Waals surface area (Å²) >= 11 is 0. The number of pyridine rings is 1. The van der Waals surface area contributed by atoms with Crippen molar-refractivity contribution in [2.45, 2.75) is 32.6 Å². The number of rotatable bonds is 5. The number of anilines is 2. The van der Waals surface area contributed by atoms with Crippen molar-refractivity contribution >= 4 is 23.4 Å². The summed E-state index contributed by atoms with van der Waals surface area (Å²) in [7, 11) is 0. The van der Waals surface area contributed by atoms with Crippen LogP contribution in [0.4, 0.5) is 11.5 Å². The van der Waals surface area contributed by atoms with Gasteiger partial charge in [0.2, 0.25) is 0 Å². The molecule has 142 valence electrons. The number of aromatic nitrogens is 1. The molecule has 6 nitrogen and oxygen atoms in total. The minimum Gasteiger partial charge on any atom is -0.462 e. The van der Waals surface area contributed by atoms with E-state index in [0.717, 1.165) is 31.6 Å². The van der Waals surface area contributed by atoms with Crippen molar-refractivity contribution in [2.75, 3.05) is 25.0 Å². The van der Waals surface area contributed by atoms with Crippen LogP contribution in [0.2, 0.25) is 0 Å². The highest BCUT2D eigenvalue weighted by Crippen LogP contribution is 2.18. The predicted molar refractivity (Wildman–Crippen MR) is 104 cm³/mol. The molecule has 3 rings (SSSR count). The van der Waals surface area contributed by atoms with Crippen molar-refractivity contribution in [1.82, 2.24) is 9.88 Å². The molecule has 0 spiro atoms. The average Bonchev–Trinajstić information content (AvgIpc) is 2.98. The van der Waals surface area contributed by atoms with E-state index in [1.165, 1.54) is 12.8 Å². The normalized spacial score (nSPS) is 14.3. The first kappa shape index (κ1) is 18.9. The monoisotopic (exact) mass is 367 g/mol. The van der Waals surface area contributed by atoms with Gasteiger partial charge in [-0.05, 0) is 56.2 Å². The summed E-state index contributed by atoms with van der Waals surface area (Å²) < 4.78 is 4.97. The maximum absolute atomic E-state index is 12.6. The van der Waals surface area contributed by atoms with Crippen LogP contribution in [-0.2, 0) is 4.74 Å². The van der Waals surface area contributed by atoms with E-state index >= 15 is 0 Å². The lowest BCUT2D eigenvalue weighted by atomic mass is 10.2. The lowest BCUT2D eigenvalue weighted by Crippen LogP contribution is -2.31. The lowest BCUT2D eigenvalue weighted by molar-refractivity contribution is 0.0526. The summed E-state index contributed by atoms with van der Waals surface area (Å²) in [5.41, 5.74) is 1.93. The van der Waals surface area contributed by atoms with E-state index in [9.17, 15) is 9.59 Å². The molecule has 1 aliphatic rings. The SMILES string of the molecule is CCOC(=O)c1ccc(Nc2ccc(C(=O)N3CCCCCC3)cn2)cc1. The molecule has 27 heavy (non-hydrogen) atoms. The Kier molecular flexibility index (Phi) is 6.41. The zero-order valence-electron chi connectivity index (χ0n) is 15.6. The standard InChI is InChI=1S/C21H25N3O3/c1-2-27-21(26)16-7-10-18(11-8-16)23-19-12-9-17(15-22-19)20(25)24-13-5-3-4-6-14-24/h7-12,15H,2-6,13-14H2,1H3,(H,22,23). The molecular weight excluding hydrogens is 342 g/mol. The number of nitrogens with one attached hydrogen (secondary N) is 1. The number of carbonyl (C=O) groups excluding carboxylic acids is 2. The van der Waals surface area contributed by atoms with Crippen molar-refractivity contribution < 1.29 is 14.3 Å². The van der Waals surface area contributed by atoms with Crippen molar-refractivity contribution in [3.63, 3.8) is 0 Å². The third-order valence-corrected chi connectivity index (χ3v) is 4.57. The predicted octanol–water partition coefficient (Wildman–Crippen LogP) is 4.02. The second-order valence-electron chi connectivity index (χ2n) is 6.56. The summed E-state index contributed by atoms with van der Waals surface area (Å²) in [6.07, 6.45) is 6.14. The number of hydrogen-bond acceptors (Lipinski definition) is 5. The first-order valence-electron chi connectivity index (χ1n) is 9.47. The Morgan fingerprint density at radius 1 is 1.00 bits per heavy atom. The van der Waals surface area contributed by atoms with Crippen LogP contribution in [0.1, 0.15) is 53.3 Å². The van der Waals surface area contributed by atoms with Crippen molar-refractivity contribution in [2.24, 2.45) is 0 Å². The van der Waals surface area contributed by atoms with E-state index in [1.807, 2.05) is 4.90 Å². The highest BCUT2D eigenvalue weighted by atomic mass is 16.5. The van der Waals surface area contributed by atoms with E-state index in [-0.39, 0.29) is 11.9 Å². The summed E-state index contributed by atoms with van der Waals surface area (Å²) in [5.74, 6) is 0.361. The topological polar surface area (TPSA) is 71.5 Å². The molecule has 6 heteroatoms. The molecule has 2 heterocycles. The van der Waals surface area contributed by atoms with E-state index in [2.05, 4.69) is 10.3 Å². The quantitative estimate of drug-likeness (QED) is 0.808. The number of benzene rings is 1. The van der Waals surface area contributed by atoms with Gasteiger partial charge in [0.1, 0.15) is 5.82 Å². The van der Waals surface area contributed by atoms with Gasteiger partial charge in [0.05, 0.1) is 17.7 Å². The van der Waals surface area contributed by atoms with Gasteiger partial charge in [0.25, 0.3) is 5.91 Å². The molecule has 1 aliphatic heterocycles. The van der Waals surface area contributed by atoms with Crippen LogP contribution in [0.3, 0.4) is 0 Å². The maximum atomic E-state index is 12.6. The molecule has 0 unspecified atom stereocenters. The molecule has 1 amide bonds. The van der Waals surface area contributed by atoms with E-state index in [4.69, 9.17) is 4.74 Å². The smallest absolute Gasteiger partial charge is 0.338 e. The number of amides is 1. The van der Waals surface area contributed by atoms with Gasteiger partial charge in [-0.2, -0.15) is 0 Å². The van der Waals surface area contributed by atoms with Crippen LogP contribution in [0, 0.1) is 0 Å². The minimum absolute atomic E-state index is 0.0507. The Hall–Kier alpha value is -2.89. The first-order valence-corrected chi connectivity index (χ1v) is 9.47. The van der Waals surface area contributed by atoms with Gasteiger partial charge in [-0.25, -0.2) is 9.78 Å². The molecule has 1 saturated heterocycles. The fourth-order valence-corrected chi connectivity index (χ4v) is 3.10. The number of likely N-dealkylation sites (tertiary alicyclic amines) is 1. The highest BCUT2D eigenvalue weighted by molar-refractivity contribution is 5.94. The first-order chi connectivity index (χ1) is 13.2. The van der Waals surface area contributed by atoms with Gasteiger partial charge in [0.15, 0.2) is 0 Å². The molecule has 1 fully saturated rings. The van der Waals surface area contributed by atoms with Crippen LogP contribution >= 0.6 is 0 Å². The Bertz CT molecular complexity index is 764. The fraction of sp³-hybridized carbons (Fsp3) is 0.381. The zero-order valence-corrected chi connectivity index (χ0v) is 15.6. The molecule has 0 radical (unpaired) electrons. The second-order valence-corrected chi connectivity index (χ2v) is 6.56. The third kappa shape index (κ3) is 5.06. The summed E-state index contributed by atoms with van der Waals surface area (Å²) in [6, 6.07) is 10.6. The Morgan fingerprint density at radius 3 is 2.26 bits per heavy atom. The summed E-state index contributed by atoms with van der Waals surface area (Å²) in [5, 5.41) is 3.17. The zero-order chi connectivity index (χ0) is 19.1. The number of carbonyl (C=O) groups is 2. The van der Waals surface area contributed by atoms with Gasteiger partial charge in [-0.3, -0.25) is 4.79 Å². The van der Waals surface area contributed by atoms with Gasteiger partial charge < -0.3 is 15.0 Å². The van der Waals surface area contributed by atoms with Crippen LogP contribution in [0.15, 0.2) is 42.6 Å². The van der Waals surface area contributed by atoms with E-state index in [0.29, 0.717) is 23.6 Å². The van der Waals surface area contributed by atoms with Crippen LogP contribution in [0.5, 0.6) is 0 Å². The summed E-state index contributed by atoms with van der Waals surface area (Å²) in [6.45, 7) is 3.78. The van der Waals surface area contributed by atoms with Crippen LogP contribution < -0.4 is 5.32 Å². The number of esters is 1. The van der Waals surface area contributed by atoms with Crippen LogP contribution in [-0.4, -0.2) is 41.5 Å². The summed E-state index contributed by atoms with van der Waals surface area (Å²) in [4.78, 5) is 30.5. The molecule has 1 aromatic heterocycles. The Labute approximate surface area is 159 Å². The second kappa shape index (κ2) is 9.16. The number of nitrogens with zero attached hydrogens (tertiary/aromatic N) is 2. The van der Waals surface area contributed by atoms with Gasteiger partial charge in [-0.1, -0.05) is 12.8 Å². The van der Waals surface area contributed by atoms with Crippen molar-refractivity contribution in [3.05, 3.63) is 53.7 Å². The maximum Gasteiger partial charge on any atom is 0.338 e. The minimum atomic E-state index is -0.335. The fourth-order valence-electron chi connectivity index (χ4n) is 3.10. The number of hydrogen-bond donors (Lipinski definition) is 1. The van der Waals surface area contributed by atoms with Gasteiger partial charge in [0, 0.05) is 25.0 Å². The number of ether oxygens (including phenoxy) is 1. The van der Waals surface area contributed by atoms with Crippen molar-refractivity contribution in [3.8, 4) is 0 Å². The van der Waals surface area contributed by atoms with Gasteiger partial charge in [-0.15, -0.1) is 0 Å². The van der Waals surface area contributed by atoms with E-state index < -0.39 is 0 Å². The Morgan fingerprint density at radius 2 is 1.67 bits per heavy atom.